The fourth-order valence-corrected chi connectivity index (χ4v) is 2.94. The summed E-state index contributed by atoms with van der Waals surface area (Å²) in [6.45, 7) is 7.18. The van der Waals surface area contributed by atoms with Gasteiger partial charge in [-0.05, 0) is 45.6 Å². The molecule has 1 aromatic rings. The molecule has 4 heteroatoms. The molecule has 19 heavy (non-hydrogen) atoms. The molecule has 0 radical (unpaired) electrons. The monoisotopic (exact) mass is 263 g/mol. The average molecular weight is 263 g/mol. The summed E-state index contributed by atoms with van der Waals surface area (Å²) in [5.74, 6) is 0.136. The number of anilines is 1. The number of carbonyl (C=O) groups is 1. The number of hydrogen-bond acceptors (Lipinski definition) is 2. The second kappa shape index (κ2) is 5.68. The van der Waals surface area contributed by atoms with Gasteiger partial charge < -0.3 is 15.2 Å². The van der Waals surface area contributed by atoms with Crippen LogP contribution in [0.4, 0.5) is 5.69 Å². The van der Waals surface area contributed by atoms with E-state index in [4.69, 9.17) is 5.73 Å². The molecular weight excluding hydrogens is 238 g/mol. The first-order valence-corrected chi connectivity index (χ1v) is 7.33. The summed E-state index contributed by atoms with van der Waals surface area (Å²) in [6.07, 6.45) is 6.36. The van der Waals surface area contributed by atoms with E-state index in [0.717, 1.165) is 31.5 Å². The van der Waals surface area contributed by atoms with E-state index in [-0.39, 0.29) is 11.9 Å². The molecule has 1 atom stereocenters. The SMILES string of the molecule is CCC1CCCCN1C(=O)c1cc(N)cn1C(C)C. The maximum atomic E-state index is 12.8. The molecule has 106 valence electrons. The standard InChI is InChI=1S/C15H25N3O/c1-4-13-7-5-6-8-17(13)15(19)14-9-12(16)10-18(14)11(2)3/h9-11,13H,4-8,16H2,1-3H3. The zero-order valence-corrected chi connectivity index (χ0v) is 12.2. The summed E-state index contributed by atoms with van der Waals surface area (Å²) < 4.78 is 1.99. The molecular formula is C15H25N3O. The van der Waals surface area contributed by atoms with Crippen molar-refractivity contribution in [1.82, 2.24) is 9.47 Å². The molecule has 2 N–H and O–H groups in total. The first kappa shape index (κ1) is 14.0. The van der Waals surface area contributed by atoms with Crippen LogP contribution in [0.15, 0.2) is 12.3 Å². The van der Waals surface area contributed by atoms with Gasteiger partial charge >= 0.3 is 0 Å². The summed E-state index contributed by atoms with van der Waals surface area (Å²) in [5.41, 5.74) is 7.26. The lowest BCUT2D eigenvalue weighted by Crippen LogP contribution is -2.44. The third kappa shape index (κ3) is 2.77. The molecule has 1 aliphatic rings. The molecule has 0 saturated carbocycles. The topological polar surface area (TPSA) is 51.3 Å². The number of nitrogens with zero attached hydrogens (tertiary/aromatic N) is 2. The first-order chi connectivity index (χ1) is 9.04. The van der Waals surface area contributed by atoms with Crippen molar-refractivity contribution < 1.29 is 4.79 Å². The molecule has 2 heterocycles. The van der Waals surface area contributed by atoms with Gasteiger partial charge in [-0.1, -0.05) is 6.92 Å². The highest BCUT2D eigenvalue weighted by atomic mass is 16.2. The Labute approximate surface area is 115 Å². The van der Waals surface area contributed by atoms with Crippen LogP contribution in [0.1, 0.15) is 63.0 Å². The van der Waals surface area contributed by atoms with Gasteiger partial charge in [-0.3, -0.25) is 4.79 Å². The van der Waals surface area contributed by atoms with E-state index in [2.05, 4.69) is 20.8 Å². The highest BCUT2D eigenvalue weighted by Crippen LogP contribution is 2.24. The second-order valence-corrected chi connectivity index (χ2v) is 5.72. The molecule has 1 unspecified atom stereocenters. The summed E-state index contributed by atoms with van der Waals surface area (Å²) in [7, 11) is 0. The fraction of sp³-hybridized carbons (Fsp3) is 0.667. The Morgan fingerprint density at radius 2 is 2.21 bits per heavy atom. The van der Waals surface area contributed by atoms with E-state index in [1.807, 2.05) is 21.7 Å². The molecule has 1 amide bonds. The Morgan fingerprint density at radius 3 is 2.84 bits per heavy atom. The Morgan fingerprint density at radius 1 is 1.47 bits per heavy atom. The van der Waals surface area contributed by atoms with Crippen LogP contribution in [-0.4, -0.2) is 28.0 Å². The predicted molar refractivity (Wildman–Crippen MR) is 78.2 cm³/mol. The van der Waals surface area contributed by atoms with Gasteiger partial charge in [-0.15, -0.1) is 0 Å². The Kier molecular flexibility index (Phi) is 4.17. The molecule has 0 bridgehead atoms. The predicted octanol–water partition coefficient (Wildman–Crippen LogP) is 3.06. The van der Waals surface area contributed by atoms with Crippen molar-refractivity contribution in [3.8, 4) is 0 Å². The van der Waals surface area contributed by atoms with Crippen LogP contribution in [0.5, 0.6) is 0 Å². The van der Waals surface area contributed by atoms with Gasteiger partial charge in [0.05, 0.1) is 5.69 Å². The number of piperidine rings is 1. The molecule has 0 aliphatic carbocycles. The summed E-state index contributed by atoms with van der Waals surface area (Å²) in [4.78, 5) is 14.8. The summed E-state index contributed by atoms with van der Waals surface area (Å²) in [5, 5.41) is 0. The Balaban J connectivity index is 2.27. The van der Waals surface area contributed by atoms with Crippen LogP contribution in [0.3, 0.4) is 0 Å². The Bertz CT molecular complexity index is 450. The molecule has 4 nitrogen and oxygen atoms in total. The van der Waals surface area contributed by atoms with Crippen LogP contribution in [-0.2, 0) is 0 Å². The molecule has 0 aromatic carbocycles. The summed E-state index contributed by atoms with van der Waals surface area (Å²) in [6, 6.07) is 2.45. The van der Waals surface area contributed by atoms with Crippen LogP contribution >= 0.6 is 0 Å². The van der Waals surface area contributed by atoms with Crippen LogP contribution in [0.25, 0.3) is 0 Å². The number of nitrogen functional groups attached to an aromatic ring is 1. The van der Waals surface area contributed by atoms with Gasteiger partial charge in [0.15, 0.2) is 0 Å². The van der Waals surface area contributed by atoms with E-state index in [0.29, 0.717) is 11.7 Å². The molecule has 1 aliphatic heterocycles. The van der Waals surface area contributed by atoms with Gasteiger partial charge in [0.1, 0.15) is 5.69 Å². The smallest absolute Gasteiger partial charge is 0.270 e. The van der Waals surface area contributed by atoms with Crippen LogP contribution < -0.4 is 5.73 Å². The maximum Gasteiger partial charge on any atom is 0.270 e. The third-order valence-corrected chi connectivity index (χ3v) is 4.00. The van der Waals surface area contributed by atoms with Crippen molar-refractivity contribution >= 4 is 11.6 Å². The zero-order chi connectivity index (χ0) is 14.0. The van der Waals surface area contributed by atoms with Crippen molar-refractivity contribution in [2.24, 2.45) is 0 Å². The minimum absolute atomic E-state index is 0.136. The summed E-state index contributed by atoms with van der Waals surface area (Å²) >= 11 is 0. The molecule has 0 spiro atoms. The van der Waals surface area contributed by atoms with Crippen molar-refractivity contribution in [3.63, 3.8) is 0 Å². The van der Waals surface area contributed by atoms with Crippen LogP contribution in [0.2, 0.25) is 0 Å². The lowest BCUT2D eigenvalue weighted by Gasteiger charge is -2.35. The van der Waals surface area contributed by atoms with Crippen molar-refractivity contribution in [1.29, 1.82) is 0 Å². The number of rotatable bonds is 3. The number of carbonyl (C=O) groups excluding carboxylic acids is 1. The van der Waals surface area contributed by atoms with Gasteiger partial charge in [0.25, 0.3) is 5.91 Å². The zero-order valence-electron chi connectivity index (χ0n) is 12.2. The maximum absolute atomic E-state index is 12.8. The lowest BCUT2D eigenvalue weighted by molar-refractivity contribution is 0.0595. The number of aromatic nitrogens is 1. The number of likely N-dealkylation sites (tertiary alicyclic amines) is 1. The van der Waals surface area contributed by atoms with Gasteiger partial charge in [-0.2, -0.15) is 0 Å². The van der Waals surface area contributed by atoms with Crippen molar-refractivity contribution in [2.45, 2.75) is 58.5 Å². The van der Waals surface area contributed by atoms with E-state index in [9.17, 15) is 4.79 Å². The number of amides is 1. The van der Waals surface area contributed by atoms with Gasteiger partial charge in [0.2, 0.25) is 0 Å². The van der Waals surface area contributed by atoms with Crippen molar-refractivity contribution in [3.05, 3.63) is 18.0 Å². The molecule has 2 rings (SSSR count). The van der Waals surface area contributed by atoms with Crippen LogP contribution in [0, 0.1) is 0 Å². The van der Waals surface area contributed by atoms with E-state index in [1.165, 1.54) is 6.42 Å². The van der Waals surface area contributed by atoms with E-state index in [1.54, 1.807) is 0 Å². The third-order valence-electron chi connectivity index (χ3n) is 4.00. The fourth-order valence-electron chi connectivity index (χ4n) is 2.94. The van der Waals surface area contributed by atoms with Gasteiger partial charge in [-0.25, -0.2) is 0 Å². The highest BCUT2D eigenvalue weighted by Gasteiger charge is 2.28. The lowest BCUT2D eigenvalue weighted by atomic mass is 9.99. The average Bonchev–Trinajstić information content (AvgIpc) is 2.80. The molecule has 1 fully saturated rings. The number of hydrogen-bond donors (Lipinski definition) is 1. The minimum atomic E-state index is 0.136. The normalized spacial score (nSPS) is 20.0. The van der Waals surface area contributed by atoms with E-state index < -0.39 is 0 Å². The molecule has 1 aromatic heterocycles. The van der Waals surface area contributed by atoms with Gasteiger partial charge in [0, 0.05) is 24.8 Å². The van der Waals surface area contributed by atoms with E-state index >= 15 is 0 Å². The first-order valence-electron chi connectivity index (χ1n) is 7.33. The second-order valence-electron chi connectivity index (χ2n) is 5.72. The quantitative estimate of drug-likeness (QED) is 0.911. The largest absolute Gasteiger partial charge is 0.397 e. The number of nitrogens with two attached hydrogens (primary N) is 1. The Hall–Kier alpha value is -1.45. The highest BCUT2D eigenvalue weighted by molar-refractivity contribution is 5.94. The molecule has 1 saturated heterocycles. The minimum Gasteiger partial charge on any atom is -0.397 e. The van der Waals surface area contributed by atoms with Crippen molar-refractivity contribution in [2.75, 3.05) is 12.3 Å².